The van der Waals surface area contributed by atoms with E-state index in [0.29, 0.717) is 0 Å². The number of esters is 1. The minimum atomic E-state index is -4.68. The van der Waals surface area contributed by atoms with Gasteiger partial charge in [0.15, 0.2) is 23.7 Å². The van der Waals surface area contributed by atoms with Crippen molar-refractivity contribution in [1.29, 1.82) is 0 Å². The average molecular weight is 457 g/mol. The summed E-state index contributed by atoms with van der Waals surface area (Å²) in [5, 5.41) is 20.9. The van der Waals surface area contributed by atoms with E-state index in [-0.39, 0.29) is 18.1 Å². The average Bonchev–Trinajstić information content (AvgIpc) is 3.17. The van der Waals surface area contributed by atoms with Crippen molar-refractivity contribution in [3.8, 4) is 5.69 Å². The number of hydrogen-bond acceptors (Lipinski definition) is 8. The van der Waals surface area contributed by atoms with Crippen molar-refractivity contribution in [2.75, 3.05) is 11.4 Å². The lowest BCUT2D eigenvalue weighted by Crippen LogP contribution is -2.57. The smallest absolute Gasteiger partial charge is 0.435 e. The van der Waals surface area contributed by atoms with Crippen LogP contribution in [0.25, 0.3) is 5.69 Å². The molecule has 2 aromatic rings. The van der Waals surface area contributed by atoms with Crippen LogP contribution in [0.15, 0.2) is 24.5 Å². The van der Waals surface area contributed by atoms with E-state index in [4.69, 9.17) is 9.47 Å². The third-order valence-corrected chi connectivity index (χ3v) is 4.31. The van der Waals surface area contributed by atoms with Crippen LogP contribution in [-0.2, 0) is 25.2 Å². The largest absolute Gasteiger partial charge is 0.458 e. The van der Waals surface area contributed by atoms with E-state index in [0.717, 1.165) is 16.9 Å². The molecule has 0 saturated carbocycles. The molecule has 0 aliphatic carbocycles. The predicted molar refractivity (Wildman–Crippen MR) is 103 cm³/mol. The number of ether oxygens (including phenoxy) is 2. The molecule has 1 aliphatic rings. The number of carbonyl (C=O) groups excluding carboxylic acids is 2. The highest BCUT2D eigenvalue weighted by atomic mass is 19.4. The van der Waals surface area contributed by atoms with Gasteiger partial charge in [0.1, 0.15) is 5.60 Å². The van der Waals surface area contributed by atoms with Gasteiger partial charge in [-0.15, -0.1) is 10.2 Å². The van der Waals surface area contributed by atoms with Crippen molar-refractivity contribution < 1.29 is 37.3 Å². The molecular formula is C19H22F3N5O5. The summed E-state index contributed by atoms with van der Waals surface area (Å²) in [4.78, 5) is 26.3. The highest BCUT2D eigenvalue weighted by Gasteiger charge is 2.43. The second-order valence-electron chi connectivity index (χ2n) is 8.21. The minimum Gasteiger partial charge on any atom is -0.458 e. The first-order chi connectivity index (χ1) is 14.8. The van der Waals surface area contributed by atoms with Gasteiger partial charge in [0, 0.05) is 12.3 Å². The van der Waals surface area contributed by atoms with E-state index in [1.807, 2.05) is 0 Å². The summed E-state index contributed by atoms with van der Waals surface area (Å²) >= 11 is 0. The van der Waals surface area contributed by atoms with Gasteiger partial charge in [0.25, 0.3) is 5.91 Å². The van der Waals surface area contributed by atoms with Crippen LogP contribution in [0.1, 0.15) is 33.4 Å². The zero-order chi connectivity index (χ0) is 23.8. The van der Waals surface area contributed by atoms with Crippen molar-refractivity contribution in [1.82, 2.24) is 20.0 Å². The molecule has 0 radical (unpaired) electrons. The van der Waals surface area contributed by atoms with Gasteiger partial charge < -0.3 is 14.6 Å². The Bertz CT molecular complexity index is 1000. The zero-order valence-corrected chi connectivity index (χ0v) is 17.7. The number of rotatable bonds is 4. The molecule has 0 aromatic carbocycles. The van der Waals surface area contributed by atoms with Crippen LogP contribution in [0, 0.1) is 0 Å². The maximum Gasteiger partial charge on any atom is 0.435 e. The van der Waals surface area contributed by atoms with Gasteiger partial charge in [-0.3, -0.25) is 9.69 Å². The van der Waals surface area contributed by atoms with Gasteiger partial charge in [-0.05, 0) is 33.8 Å². The third kappa shape index (κ3) is 5.22. The van der Waals surface area contributed by atoms with Crippen LogP contribution in [0.2, 0.25) is 0 Å². The van der Waals surface area contributed by atoms with Gasteiger partial charge in [-0.1, -0.05) is 0 Å². The number of anilines is 1. The van der Waals surface area contributed by atoms with Crippen LogP contribution in [0.3, 0.4) is 0 Å². The number of aliphatic hydroxyl groups is 1. The number of halogens is 3. The Morgan fingerprint density at radius 2 is 2.03 bits per heavy atom. The van der Waals surface area contributed by atoms with Crippen molar-refractivity contribution in [2.45, 2.75) is 57.8 Å². The van der Waals surface area contributed by atoms with Crippen LogP contribution < -0.4 is 4.90 Å². The summed E-state index contributed by atoms with van der Waals surface area (Å²) in [7, 11) is 0. The van der Waals surface area contributed by atoms with Crippen molar-refractivity contribution in [3.63, 3.8) is 0 Å². The van der Waals surface area contributed by atoms with Crippen LogP contribution in [0.5, 0.6) is 0 Å². The summed E-state index contributed by atoms with van der Waals surface area (Å²) in [6.07, 6.45) is -6.21. The number of hydrogen-bond donors (Lipinski definition) is 1. The van der Waals surface area contributed by atoms with Crippen molar-refractivity contribution in [3.05, 3.63) is 30.2 Å². The molecule has 1 unspecified atom stereocenters. The molecule has 3 rings (SSSR count). The van der Waals surface area contributed by atoms with Gasteiger partial charge in [-0.25, -0.2) is 9.48 Å². The quantitative estimate of drug-likeness (QED) is 0.686. The lowest BCUT2D eigenvalue weighted by molar-refractivity contribution is -0.181. The van der Waals surface area contributed by atoms with E-state index < -0.39 is 47.7 Å². The number of amides is 1. The zero-order valence-electron chi connectivity index (χ0n) is 17.7. The molecule has 1 aliphatic heterocycles. The van der Waals surface area contributed by atoms with E-state index in [9.17, 15) is 27.9 Å². The first-order valence-electron chi connectivity index (χ1n) is 9.60. The molecule has 1 amide bonds. The minimum absolute atomic E-state index is 0.0160. The van der Waals surface area contributed by atoms with Crippen LogP contribution in [-0.4, -0.2) is 67.4 Å². The number of carbonyl (C=O) groups is 2. The first kappa shape index (κ1) is 23.6. The predicted octanol–water partition coefficient (Wildman–Crippen LogP) is 1.50. The molecule has 3 atom stereocenters. The second-order valence-corrected chi connectivity index (χ2v) is 8.21. The normalized spacial score (nSPS) is 20.9. The number of nitrogens with zero attached hydrogens (tertiary/aromatic N) is 5. The molecule has 1 fully saturated rings. The van der Waals surface area contributed by atoms with Crippen molar-refractivity contribution in [2.24, 2.45) is 0 Å². The molecule has 13 heteroatoms. The molecule has 2 aromatic heterocycles. The molecule has 174 valence electrons. The van der Waals surface area contributed by atoms with Gasteiger partial charge in [0.05, 0.1) is 24.5 Å². The monoisotopic (exact) mass is 457 g/mol. The fourth-order valence-corrected chi connectivity index (χ4v) is 2.98. The third-order valence-electron chi connectivity index (χ3n) is 4.31. The highest BCUT2D eigenvalue weighted by Crippen LogP contribution is 2.28. The molecule has 1 saturated heterocycles. The summed E-state index contributed by atoms with van der Waals surface area (Å²) < 4.78 is 50.4. The maximum absolute atomic E-state index is 12.9. The fraction of sp³-hybridized carbons (Fsp3) is 0.526. The Balaban J connectivity index is 1.83. The molecule has 10 nitrogen and oxygen atoms in total. The summed E-state index contributed by atoms with van der Waals surface area (Å²) in [6, 6.07) is 2.17. The second kappa shape index (κ2) is 8.47. The van der Waals surface area contributed by atoms with Crippen LogP contribution in [0.4, 0.5) is 19.0 Å². The number of aromatic nitrogens is 4. The number of alkyl halides is 3. The Morgan fingerprint density at radius 3 is 2.66 bits per heavy atom. The number of aliphatic hydroxyl groups excluding tert-OH is 1. The molecule has 3 heterocycles. The van der Waals surface area contributed by atoms with Crippen molar-refractivity contribution >= 4 is 17.7 Å². The summed E-state index contributed by atoms with van der Waals surface area (Å²) in [5.41, 5.74) is -2.09. The molecule has 0 spiro atoms. The Labute approximate surface area is 180 Å². The molecule has 32 heavy (non-hydrogen) atoms. The standard InChI is InChI=1S/C19H22F3N5O5/c1-10-9-26(16(29)15(31-10)14(28)17(30)32-18(2,3)4)13-5-6-27(25-13)11-7-12(19(20,21)22)24-23-8-11/h5-8,10,14-15,28H,9H2,1-4H3/t10-,14?,15+/m0/s1. The Hall–Kier alpha value is -3.06. The highest BCUT2D eigenvalue weighted by molar-refractivity contribution is 5.99. The summed E-state index contributed by atoms with van der Waals surface area (Å²) in [6.45, 7) is 6.52. The molecule has 1 N–H and O–H groups in total. The number of morpholine rings is 1. The fourth-order valence-electron chi connectivity index (χ4n) is 2.98. The molecular weight excluding hydrogens is 435 g/mol. The van der Waals surface area contributed by atoms with E-state index in [1.165, 1.54) is 17.2 Å². The van der Waals surface area contributed by atoms with Gasteiger partial charge in [-0.2, -0.15) is 18.3 Å². The Kier molecular flexibility index (Phi) is 6.24. The topological polar surface area (TPSA) is 120 Å². The lowest BCUT2D eigenvalue weighted by atomic mass is 10.1. The van der Waals surface area contributed by atoms with Gasteiger partial charge in [0.2, 0.25) is 0 Å². The SMILES string of the molecule is C[C@H]1CN(c2ccn(-c3cnnc(C(F)(F)F)c3)n2)C(=O)[C@@H](C(O)C(=O)OC(C)(C)C)O1. The van der Waals surface area contributed by atoms with E-state index in [1.54, 1.807) is 27.7 Å². The Morgan fingerprint density at radius 1 is 1.34 bits per heavy atom. The van der Waals surface area contributed by atoms with E-state index in [2.05, 4.69) is 15.3 Å². The first-order valence-corrected chi connectivity index (χ1v) is 9.60. The molecule has 0 bridgehead atoms. The lowest BCUT2D eigenvalue weighted by Gasteiger charge is -2.36. The van der Waals surface area contributed by atoms with Crippen LogP contribution >= 0.6 is 0 Å². The van der Waals surface area contributed by atoms with E-state index >= 15 is 0 Å². The maximum atomic E-state index is 12.9. The summed E-state index contributed by atoms with van der Waals surface area (Å²) in [5.74, 6) is -1.66. The van der Waals surface area contributed by atoms with Gasteiger partial charge >= 0.3 is 12.1 Å².